The lowest BCUT2D eigenvalue weighted by molar-refractivity contribution is -0.136. The van der Waals surface area contributed by atoms with Gasteiger partial charge in [0.1, 0.15) is 0 Å². The number of aryl methyl sites for hydroxylation is 2. The van der Waals surface area contributed by atoms with Crippen LogP contribution in [0.2, 0.25) is 0 Å². The van der Waals surface area contributed by atoms with Gasteiger partial charge in [-0.15, -0.1) is 11.8 Å². The highest BCUT2D eigenvalue weighted by Crippen LogP contribution is 2.37. The SMILES string of the molecule is Cc1ccc(C2=C(SCCO)C(=O)N(CCCOC(C)C)C2=O)c(C)c1. The molecule has 1 aromatic carbocycles. The van der Waals surface area contributed by atoms with E-state index < -0.39 is 0 Å². The van der Waals surface area contributed by atoms with Crippen molar-refractivity contribution in [2.75, 3.05) is 25.5 Å². The first kappa shape index (κ1) is 20.7. The van der Waals surface area contributed by atoms with Gasteiger partial charge in [0, 0.05) is 18.9 Å². The number of amides is 2. The number of aliphatic hydroxyl groups is 1. The Hall–Kier alpha value is -1.63. The van der Waals surface area contributed by atoms with Gasteiger partial charge in [0.2, 0.25) is 0 Å². The van der Waals surface area contributed by atoms with Gasteiger partial charge in [0.25, 0.3) is 11.8 Å². The lowest BCUT2D eigenvalue weighted by atomic mass is 9.99. The number of thioether (sulfide) groups is 1. The fourth-order valence-corrected chi connectivity index (χ4v) is 3.78. The van der Waals surface area contributed by atoms with E-state index in [-0.39, 0.29) is 24.5 Å². The lowest BCUT2D eigenvalue weighted by Crippen LogP contribution is -2.33. The van der Waals surface area contributed by atoms with Crippen LogP contribution in [-0.4, -0.2) is 53.4 Å². The van der Waals surface area contributed by atoms with Crippen molar-refractivity contribution >= 4 is 29.1 Å². The van der Waals surface area contributed by atoms with Crippen LogP contribution in [0.5, 0.6) is 0 Å². The van der Waals surface area contributed by atoms with Crippen molar-refractivity contribution in [3.05, 3.63) is 39.8 Å². The number of carbonyl (C=O) groups excluding carboxylic acids is 2. The van der Waals surface area contributed by atoms with Gasteiger partial charge >= 0.3 is 0 Å². The minimum atomic E-state index is -0.270. The number of rotatable bonds is 9. The van der Waals surface area contributed by atoms with Gasteiger partial charge in [0.05, 0.1) is 23.2 Å². The van der Waals surface area contributed by atoms with Crippen LogP contribution >= 0.6 is 11.8 Å². The summed E-state index contributed by atoms with van der Waals surface area (Å²) in [6, 6.07) is 5.85. The second kappa shape index (κ2) is 9.35. The molecule has 2 amide bonds. The van der Waals surface area contributed by atoms with Gasteiger partial charge in [-0.1, -0.05) is 23.8 Å². The summed E-state index contributed by atoms with van der Waals surface area (Å²) < 4.78 is 5.51. The summed E-state index contributed by atoms with van der Waals surface area (Å²) in [5.74, 6) is -0.146. The Labute approximate surface area is 159 Å². The van der Waals surface area contributed by atoms with Crippen molar-refractivity contribution < 1.29 is 19.4 Å². The van der Waals surface area contributed by atoms with Gasteiger partial charge in [-0.05, 0) is 45.2 Å². The van der Waals surface area contributed by atoms with Crippen molar-refractivity contribution in [1.29, 1.82) is 0 Å². The summed E-state index contributed by atoms with van der Waals surface area (Å²) in [7, 11) is 0. The zero-order chi connectivity index (χ0) is 19.3. The molecular weight excluding hydrogens is 350 g/mol. The van der Waals surface area contributed by atoms with E-state index in [0.29, 0.717) is 35.8 Å². The van der Waals surface area contributed by atoms with Crippen LogP contribution < -0.4 is 0 Å². The van der Waals surface area contributed by atoms with Crippen LogP contribution in [0.4, 0.5) is 0 Å². The fraction of sp³-hybridized carbons (Fsp3) is 0.500. The monoisotopic (exact) mass is 377 g/mol. The van der Waals surface area contributed by atoms with Gasteiger partial charge in [-0.3, -0.25) is 14.5 Å². The Kier molecular flexibility index (Phi) is 7.43. The largest absolute Gasteiger partial charge is 0.396 e. The molecule has 2 rings (SSSR count). The summed E-state index contributed by atoms with van der Waals surface area (Å²) in [4.78, 5) is 27.5. The number of nitrogens with zero attached hydrogens (tertiary/aromatic N) is 1. The zero-order valence-corrected chi connectivity index (χ0v) is 16.7. The first-order valence-electron chi connectivity index (χ1n) is 8.90. The molecule has 0 fully saturated rings. The highest BCUT2D eigenvalue weighted by Gasteiger charge is 2.39. The Morgan fingerprint density at radius 2 is 1.92 bits per heavy atom. The standard InChI is InChI=1S/C20H27NO4S/c1-13(2)25-10-5-8-21-19(23)17(18(20(21)24)26-11-9-22)16-7-6-14(3)12-15(16)4/h6-7,12-13,22H,5,8-11H2,1-4H3. The van der Waals surface area contributed by atoms with E-state index in [0.717, 1.165) is 16.7 Å². The van der Waals surface area contributed by atoms with Crippen LogP contribution in [0.3, 0.4) is 0 Å². The second-order valence-electron chi connectivity index (χ2n) is 6.63. The van der Waals surface area contributed by atoms with E-state index in [2.05, 4.69) is 0 Å². The molecule has 5 nitrogen and oxygen atoms in total. The smallest absolute Gasteiger partial charge is 0.267 e. The summed E-state index contributed by atoms with van der Waals surface area (Å²) in [5.41, 5.74) is 3.31. The molecule has 26 heavy (non-hydrogen) atoms. The van der Waals surface area contributed by atoms with Crippen molar-refractivity contribution in [1.82, 2.24) is 4.90 Å². The van der Waals surface area contributed by atoms with Crippen LogP contribution in [-0.2, 0) is 14.3 Å². The van der Waals surface area contributed by atoms with Crippen molar-refractivity contribution in [3.8, 4) is 0 Å². The van der Waals surface area contributed by atoms with Crippen molar-refractivity contribution in [2.24, 2.45) is 0 Å². The molecule has 0 spiro atoms. The summed E-state index contributed by atoms with van der Waals surface area (Å²) in [6.45, 7) is 8.65. The molecule has 0 saturated heterocycles. The lowest BCUT2D eigenvalue weighted by Gasteiger charge is -2.16. The molecule has 1 aliphatic rings. The van der Waals surface area contributed by atoms with Gasteiger partial charge in [0.15, 0.2) is 0 Å². The van der Waals surface area contributed by atoms with Crippen molar-refractivity contribution in [3.63, 3.8) is 0 Å². The molecule has 0 radical (unpaired) electrons. The summed E-state index contributed by atoms with van der Waals surface area (Å²) in [5, 5.41) is 9.15. The number of hydrogen-bond donors (Lipinski definition) is 1. The highest BCUT2D eigenvalue weighted by molar-refractivity contribution is 8.04. The molecule has 0 aliphatic carbocycles. The third-order valence-electron chi connectivity index (χ3n) is 4.09. The molecular formula is C20H27NO4S. The maximum atomic E-state index is 13.0. The minimum Gasteiger partial charge on any atom is -0.396 e. The van der Waals surface area contributed by atoms with E-state index in [4.69, 9.17) is 9.84 Å². The maximum absolute atomic E-state index is 13.0. The van der Waals surface area contributed by atoms with E-state index >= 15 is 0 Å². The molecule has 142 valence electrons. The number of imide groups is 1. The van der Waals surface area contributed by atoms with E-state index in [9.17, 15) is 9.59 Å². The maximum Gasteiger partial charge on any atom is 0.267 e. The molecule has 1 aliphatic heterocycles. The Morgan fingerprint density at radius 1 is 1.19 bits per heavy atom. The van der Waals surface area contributed by atoms with E-state index in [1.54, 1.807) is 0 Å². The minimum absolute atomic E-state index is 0.0436. The molecule has 1 aromatic rings. The topological polar surface area (TPSA) is 66.8 Å². The highest BCUT2D eigenvalue weighted by atomic mass is 32.2. The molecule has 6 heteroatoms. The molecule has 0 aromatic heterocycles. The molecule has 1 heterocycles. The number of benzene rings is 1. The van der Waals surface area contributed by atoms with Crippen molar-refractivity contribution in [2.45, 2.75) is 40.2 Å². The van der Waals surface area contributed by atoms with Crippen LogP contribution in [0.25, 0.3) is 5.57 Å². The second-order valence-corrected chi connectivity index (χ2v) is 7.73. The van der Waals surface area contributed by atoms with Crippen LogP contribution in [0, 0.1) is 13.8 Å². The number of aliphatic hydroxyl groups excluding tert-OH is 1. The zero-order valence-electron chi connectivity index (χ0n) is 15.9. The quantitative estimate of drug-likeness (QED) is 0.529. The first-order valence-corrected chi connectivity index (χ1v) is 9.88. The summed E-state index contributed by atoms with van der Waals surface area (Å²) in [6.07, 6.45) is 0.730. The van der Waals surface area contributed by atoms with Gasteiger partial charge < -0.3 is 9.84 Å². The predicted octanol–water partition coefficient (Wildman–Crippen LogP) is 2.92. The number of carbonyl (C=O) groups is 2. The first-order chi connectivity index (χ1) is 12.4. The summed E-state index contributed by atoms with van der Waals surface area (Å²) >= 11 is 1.25. The third kappa shape index (κ3) is 4.75. The van der Waals surface area contributed by atoms with Crippen LogP contribution in [0.1, 0.15) is 37.0 Å². The number of ether oxygens (including phenoxy) is 1. The molecule has 0 bridgehead atoms. The van der Waals surface area contributed by atoms with E-state index in [1.165, 1.54) is 16.7 Å². The number of hydrogen-bond acceptors (Lipinski definition) is 5. The third-order valence-corrected chi connectivity index (χ3v) is 5.15. The normalized spacial score (nSPS) is 14.9. The fourth-order valence-electron chi connectivity index (χ4n) is 2.91. The average molecular weight is 378 g/mol. The average Bonchev–Trinajstić information content (AvgIpc) is 2.80. The molecule has 0 saturated carbocycles. The molecule has 0 unspecified atom stereocenters. The predicted molar refractivity (Wildman–Crippen MR) is 105 cm³/mol. The molecule has 1 N–H and O–H groups in total. The van der Waals surface area contributed by atoms with Gasteiger partial charge in [-0.2, -0.15) is 0 Å². The Balaban J connectivity index is 2.27. The van der Waals surface area contributed by atoms with Gasteiger partial charge in [-0.25, -0.2) is 0 Å². The molecule has 0 atom stereocenters. The Morgan fingerprint density at radius 3 is 2.54 bits per heavy atom. The van der Waals surface area contributed by atoms with E-state index in [1.807, 2.05) is 45.9 Å². The Bertz CT molecular complexity index is 712. The van der Waals surface area contributed by atoms with Crippen LogP contribution in [0.15, 0.2) is 23.1 Å².